The lowest BCUT2D eigenvalue weighted by atomic mass is 10.1. The van der Waals surface area contributed by atoms with Gasteiger partial charge < -0.3 is 19.2 Å². The topological polar surface area (TPSA) is 171 Å². The van der Waals surface area contributed by atoms with E-state index in [1.54, 1.807) is 6.07 Å². The van der Waals surface area contributed by atoms with E-state index in [-0.39, 0.29) is 45.5 Å². The van der Waals surface area contributed by atoms with Crippen LogP contribution in [0, 0.1) is 31.6 Å². The molecule has 0 saturated carbocycles. The number of anilines is 1. The highest BCUT2D eigenvalue weighted by atomic mass is 16.6. The van der Waals surface area contributed by atoms with Gasteiger partial charge in [0.15, 0.2) is 0 Å². The van der Waals surface area contributed by atoms with Crippen LogP contribution in [0.5, 0.6) is 11.5 Å². The van der Waals surface area contributed by atoms with E-state index >= 15 is 0 Å². The van der Waals surface area contributed by atoms with Crippen molar-refractivity contribution in [3.05, 3.63) is 80.1 Å². The number of non-ortho nitro benzene ring substituents is 1. The molecule has 0 bridgehead atoms. The van der Waals surface area contributed by atoms with E-state index in [1.807, 2.05) is 0 Å². The summed E-state index contributed by atoms with van der Waals surface area (Å²) in [5.41, 5.74) is -0.735. The minimum atomic E-state index is -0.866. The summed E-state index contributed by atoms with van der Waals surface area (Å²) in [6.45, 7) is 0. The Balaban J connectivity index is 1.90. The van der Waals surface area contributed by atoms with E-state index in [1.165, 1.54) is 56.7 Å². The van der Waals surface area contributed by atoms with Gasteiger partial charge in [-0.25, -0.2) is 0 Å². The number of amides is 1. The monoisotopic (exact) mass is 464 g/mol. The molecule has 1 heterocycles. The minimum Gasteiger partial charge on any atom is -0.497 e. The van der Waals surface area contributed by atoms with E-state index in [9.17, 15) is 30.3 Å². The summed E-state index contributed by atoms with van der Waals surface area (Å²) in [5.74, 6) is -0.198. The van der Waals surface area contributed by atoms with Gasteiger partial charge in [0.2, 0.25) is 0 Å². The lowest BCUT2D eigenvalue weighted by Gasteiger charge is -2.09. The smallest absolute Gasteiger partial charge is 0.284 e. The molecule has 0 radical (unpaired) electrons. The van der Waals surface area contributed by atoms with Crippen molar-refractivity contribution in [2.45, 2.75) is 0 Å². The van der Waals surface area contributed by atoms with E-state index in [0.717, 1.165) is 12.1 Å². The van der Waals surface area contributed by atoms with Gasteiger partial charge in [0.1, 0.15) is 34.7 Å². The van der Waals surface area contributed by atoms with Gasteiger partial charge in [0.05, 0.1) is 41.4 Å². The van der Waals surface area contributed by atoms with Crippen LogP contribution in [0.1, 0.15) is 5.76 Å². The van der Waals surface area contributed by atoms with Crippen LogP contribution in [0.25, 0.3) is 17.4 Å². The maximum absolute atomic E-state index is 12.6. The first-order chi connectivity index (χ1) is 16.3. The summed E-state index contributed by atoms with van der Waals surface area (Å²) in [5, 5.41) is 34.3. The Morgan fingerprint density at radius 3 is 2.44 bits per heavy atom. The van der Waals surface area contributed by atoms with Crippen LogP contribution in [0.4, 0.5) is 17.1 Å². The zero-order valence-corrected chi connectivity index (χ0v) is 17.8. The van der Waals surface area contributed by atoms with Crippen LogP contribution in [0.15, 0.2) is 58.5 Å². The average Bonchev–Trinajstić information content (AvgIpc) is 3.30. The average molecular weight is 464 g/mol. The number of rotatable bonds is 8. The first-order valence-electron chi connectivity index (χ1n) is 9.45. The lowest BCUT2D eigenvalue weighted by Crippen LogP contribution is -2.14. The van der Waals surface area contributed by atoms with E-state index in [0.29, 0.717) is 5.75 Å². The molecule has 1 N–H and O–H groups in total. The van der Waals surface area contributed by atoms with E-state index in [2.05, 4.69) is 5.32 Å². The van der Waals surface area contributed by atoms with Gasteiger partial charge in [-0.2, -0.15) is 5.26 Å². The van der Waals surface area contributed by atoms with Gasteiger partial charge in [0.25, 0.3) is 17.3 Å². The second kappa shape index (κ2) is 9.96. The summed E-state index contributed by atoms with van der Waals surface area (Å²) < 4.78 is 15.7. The fraction of sp³-hybridized carbons (Fsp3) is 0.0909. The van der Waals surface area contributed by atoms with Crippen molar-refractivity contribution in [2.24, 2.45) is 0 Å². The van der Waals surface area contributed by atoms with Gasteiger partial charge in [0, 0.05) is 18.2 Å². The fourth-order valence-corrected chi connectivity index (χ4v) is 2.96. The molecule has 0 unspecified atom stereocenters. The number of nitro benzene ring substituents is 2. The van der Waals surface area contributed by atoms with E-state index in [4.69, 9.17) is 13.9 Å². The quantitative estimate of drug-likeness (QED) is 0.220. The maximum atomic E-state index is 12.6. The Bertz CT molecular complexity index is 1350. The number of hydrogen-bond donors (Lipinski definition) is 1. The Labute approximate surface area is 191 Å². The number of furan rings is 1. The molecule has 34 heavy (non-hydrogen) atoms. The van der Waals surface area contributed by atoms with Crippen molar-refractivity contribution in [1.82, 2.24) is 0 Å². The van der Waals surface area contributed by atoms with E-state index < -0.39 is 15.8 Å². The molecule has 1 aromatic heterocycles. The third-order valence-corrected chi connectivity index (χ3v) is 4.59. The highest BCUT2D eigenvalue weighted by Crippen LogP contribution is 2.34. The number of nitrogens with one attached hydrogen (secondary N) is 1. The summed E-state index contributed by atoms with van der Waals surface area (Å²) in [4.78, 5) is 33.8. The number of carbonyl (C=O) groups is 1. The Morgan fingerprint density at radius 1 is 1.06 bits per heavy atom. The molecule has 0 atom stereocenters. The Hall–Kier alpha value is -5.18. The van der Waals surface area contributed by atoms with Crippen molar-refractivity contribution < 1.29 is 28.5 Å². The molecule has 0 fully saturated rings. The highest BCUT2D eigenvalue weighted by molar-refractivity contribution is 6.10. The van der Waals surface area contributed by atoms with Crippen molar-refractivity contribution in [3.63, 3.8) is 0 Å². The van der Waals surface area contributed by atoms with Crippen LogP contribution < -0.4 is 14.8 Å². The molecule has 0 aliphatic carbocycles. The number of methoxy groups -OCH3 is 2. The minimum absolute atomic E-state index is 0.00292. The van der Waals surface area contributed by atoms with Crippen LogP contribution in [-0.4, -0.2) is 30.0 Å². The first-order valence-corrected chi connectivity index (χ1v) is 9.45. The van der Waals surface area contributed by atoms with Gasteiger partial charge in [-0.3, -0.25) is 25.0 Å². The van der Waals surface area contributed by atoms with Crippen LogP contribution in [0.2, 0.25) is 0 Å². The van der Waals surface area contributed by atoms with Crippen molar-refractivity contribution in [3.8, 4) is 28.9 Å². The third kappa shape index (κ3) is 5.00. The lowest BCUT2D eigenvalue weighted by molar-refractivity contribution is -0.384. The molecule has 3 aromatic rings. The fourth-order valence-electron chi connectivity index (χ4n) is 2.96. The molecular weight excluding hydrogens is 448 g/mol. The molecule has 2 aromatic carbocycles. The van der Waals surface area contributed by atoms with Gasteiger partial charge in [-0.1, -0.05) is 0 Å². The third-order valence-electron chi connectivity index (χ3n) is 4.59. The number of ether oxygens (including phenoxy) is 2. The van der Waals surface area contributed by atoms with Crippen LogP contribution in [-0.2, 0) is 4.79 Å². The largest absolute Gasteiger partial charge is 0.497 e. The first kappa shape index (κ1) is 23.5. The SMILES string of the molecule is COc1ccc(-c2ccc(/C=C(\C#N)C(=O)Nc3cc([N+](=O)[O-])ccc3OC)o2)c([N+](=O)[O-])c1. The molecule has 1 amide bonds. The Morgan fingerprint density at radius 2 is 1.82 bits per heavy atom. The normalized spacial score (nSPS) is 10.8. The molecule has 0 aliphatic heterocycles. The zero-order valence-electron chi connectivity index (χ0n) is 17.8. The number of nitrogens with zero attached hydrogens (tertiary/aromatic N) is 3. The number of hydrogen-bond acceptors (Lipinski definition) is 9. The van der Waals surface area contributed by atoms with Crippen LogP contribution in [0.3, 0.4) is 0 Å². The molecule has 3 rings (SSSR count). The molecule has 12 heteroatoms. The summed E-state index contributed by atoms with van der Waals surface area (Å²) in [6, 6.07) is 12.5. The number of carbonyl (C=O) groups excluding carboxylic acids is 1. The van der Waals surface area contributed by atoms with Crippen molar-refractivity contribution in [2.75, 3.05) is 19.5 Å². The second-order valence-corrected chi connectivity index (χ2v) is 6.61. The van der Waals surface area contributed by atoms with Gasteiger partial charge >= 0.3 is 0 Å². The van der Waals surface area contributed by atoms with Gasteiger partial charge in [-0.15, -0.1) is 0 Å². The molecule has 0 aliphatic rings. The molecule has 172 valence electrons. The van der Waals surface area contributed by atoms with Gasteiger partial charge in [-0.05, 0) is 30.3 Å². The maximum Gasteiger partial charge on any atom is 0.284 e. The predicted octanol–water partition coefficient (Wildman–Crippen LogP) is 4.33. The van der Waals surface area contributed by atoms with Crippen LogP contribution >= 0.6 is 0 Å². The highest BCUT2D eigenvalue weighted by Gasteiger charge is 2.20. The van der Waals surface area contributed by atoms with Crippen molar-refractivity contribution >= 4 is 29.0 Å². The van der Waals surface area contributed by atoms with Crippen molar-refractivity contribution in [1.29, 1.82) is 5.26 Å². The second-order valence-electron chi connectivity index (χ2n) is 6.61. The standard InChI is InChI=1S/C22H16N4O8/c1-32-15-4-6-17(19(11-15)26(30)31)20-8-5-16(34-20)9-13(12-23)22(27)24-18-10-14(25(28)29)3-7-21(18)33-2/h3-11H,1-2H3,(H,24,27)/b13-9+. The number of benzene rings is 2. The number of nitro groups is 2. The summed E-state index contributed by atoms with van der Waals surface area (Å²) in [6.07, 6.45) is 1.14. The molecule has 0 saturated heterocycles. The molecule has 0 spiro atoms. The molecular formula is C22H16N4O8. The summed E-state index contributed by atoms with van der Waals surface area (Å²) in [7, 11) is 2.70. The summed E-state index contributed by atoms with van der Waals surface area (Å²) >= 11 is 0. The number of nitriles is 1. The Kier molecular flexibility index (Phi) is 6.88. The molecule has 12 nitrogen and oxygen atoms in total. The predicted molar refractivity (Wildman–Crippen MR) is 119 cm³/mol. The zero-order chi connectivity index (χ0) is 24.8.